The molecule has 1 heterocycles. The summed E-state index contributed by atoms with van der Waals surface area (Å²) in [6, 6.07) is 0.986. The third-order valence-corrected chi connectivity index (χ3v) is 9.21. The maximum absolute atomic E-state index is 14.1. The lowest BCUT2D eigenvalue weighted by Crippen LogP contribution is -2.63. The highest BCUT2D eigenvalue weighted by Crippen LogP contribution is 2.53. The lowest BCUT2D eigenvalue weighted by Gasteiger charge is -2.50. The van der Waals surface area contributed by atoms with Crippen molar-refractivity contribution in [3.63, 3.8) is 0 Å². The predicted octanol–water partition coefficient (Wildman–Crippen LogP) is 2.28. The van der Waals surface area contributed by atoms with E-state index in [1.165, 1.54) is 6.42 Å². The normalized spacial score (nSPS) is 28.9. The fraction of sp³-hybridized carbons (Fsp3) is 0.567. The van der Waals surface area contributed by atoms with E-state index in [1.54, 1.807) is 19.0 Å². The molecule has 0 aromatic heterocycles. The summed E-state index contributed by atoms with van der Waals surface area (Å²) in [7, 11) is 7.05. The monoisotopic (exact) mass is 553 g/mol. The van der Waals surface area contributed by atoms with Crippen LogP contribution in [0.2, 0.25) is 0 Å². The molecular weight excluding hydrogens is 514 g/mol. The van der Waals surface area contributed by atoms with Crippen molar-refractivity contribution < 1.29 is 34.8 Å². The molecule has 4 atom stereocenters. The zero-order valence-corrected chi connectivity index (χ0v) is 23.8. The van der Waals surface area contributed by atoms with Crippen molar-refractivity contribution >= 4 is 23.0 Å². The van der Waals surface area contributed by atoms with E-state index < -0.39 is 57.9 Å². The van der Waals surface area contributed by atoms with E-state index in [0.29, 0.717) is 17.7 Å². The second kappa shape index (κ2) is 10.0. The number of likely N-dealkylation sites (N-methyl/N-ethyl adjacent to an activating group) is 1. The molecular formula is C30H39N3O7. The van der Waals surface area contributed by atoms with Crippen LogP contribution in [0.1, 0.15) is 54.1 Å². The smallest absolute Gasteiger partial charge is 0.209 e. The van der Waals surface area contributed by atoms with Gasteiger partial charge >= 0.3 is 0 Å². The second-order valence-electron chi connectivity index (χ2n) is 12.1. The van der Waals surface area contributed by atoms with Crippen molar-refractivity contribution in [3.8, 4) is 5.75 Å². The lowest BCUT2D eigenvalue weighted by atomic mass is 9.58. The van der Waals surface area contributed by atoms with Gasteiger partial charge in [-0.05, 0) is 77.3 Å². The molecule has 10 heteroatoms. The zero-order chi connectivity index (χ0) is 29.3. The van der Waals surface area contributed by atoms with E-state index in [9.17, 15) is 34.8 Å². The molecule has 0 bridgehead atoms. The molecule has 10 nitrogen and oxygen atoms in total. The summed E-state index contributed by atoms with van der Waals surface area (Å²) in [5.41, 5.74) is -1.13. The van der Waals surface area contributed by atoms with E-state index in [1.807, 2.05) is 25.1 Å². The number of ketones is 3. The van der Waals surface area contributed by atoms with Gasteiger partial charge in [0.15, 0.2) is 17.2 Å². The number of carbonyl (C=O) groups excluding carboxylic acids is 3. The maximum Gasteiger partial charge on any atom is 0.209 e. The summed E-state index contributed by atoms with van der Waals surface area (Å²) in [6.07, 6.45) is 3.70. The van der Waals surface area contributed by atoms with Crippen molar-refractivity contribution in [2.45, 2.75) is 57.2 Å². The molecule has 1 aliphatic heterocycles. The maximum atomic E-state index is 14.1. The number of aliphatic hydroxyl groups is 3. The minimum Gasteiger partial charge on any atom is -0.510 e. The molecule has 1 fully saturated rings. The number of hydrogen-bond acceptors (Lipinski definition) is 10. The molecule has 40 heavy (non-hydrogen) atoms. The highest BCUT2D eigenvalue weighted by atomic mass is 16.3. The van der Waals surface area contributed by atoms with Crippen molar-refractivity contribution in [1.29, 1.82) is 0 Å². The number of benzene rings is 1. The number of fused-ring (bicyclic) bond motifs is 3. The fourth-order valence-corrected chi connectivity index (χ4v) is 7.33. The first-order valence-corrected chi connectivity index (χ1v) is 13.9. The summed E-state index contributed by atoms with van der Waals surface area (Å²) < 4.78 is 0. The van der Waals surface area contributed by atoms with Crippen LogP contribution in [0.5, 0.6) is 5.75 Å². The van der Waals surface area contributed by atoms with E-state index >= 15 is 0 Å². The van der Waals surface area contributed by atoms with Crippen LogP contribution >= 0.6 is 0 Å². The molecule has 5 rings (SSSR count). The topological polar surface area (TPSA) is 142 Å². The first kappa shape index (κ1) is 28.3. The van der Waals surface area contributed by atoms with Crippen LogP contribution in [0.25, 0.3) is 0 Å². The zero-order valence-electron chi connectivity index (χ0n) is 23.8. The van der Waals surface area contributed by atoms with Gasteiger partial charge in [0.25, 0.3) is 0 Å². The molecule has 3 aliphatic carbocycles. The first-order chi connectivity index (χ1) is 18.8. The van der Waals surface area contributed by atoms with Crippen LogP contribution < -0.4 is 4.90 Å². The molecule has 0 spiro atoms. The van der Waals surface area contributed by atoms with Crippen molar-refractivity contribution in [2.24, 2.45) is 11.8 Å². The van der Waals surface area contributed by atoms with Gasteiger partial charge in [-0.3, -0.25) is 24.2 Å². The lowest BCUT2D eigenvalue weighted by molar-refractivity contribution is -0.148. The Balaban J connectivity index is 1.67. The number of carbonyl (C=O) groups is 3. The summed E-state index contributed by atoms with van der Waals surface area (Å²) >= 11 is 0. The minimum absolute atomic E-state index is 0.0793. The van der Waals surface area contributed by atoms with E-state index in [0.717, 1.165) is 38.5 Å². The first-order valence-electron chi connectivity index (χ1n) is 13.9. The Morgan fingerprint density at radius 3 is 2.30 bits per heavy atom. The molecule has 1 aromatic carbocycles. The van der Waals surface area contributed by atoms with Gasteiger partial charge in [0.2, 0.25) is 5.78 Å². The highest BCUT2D eigenvalue weighted by Gasteiger charge is 2.63. The van der Waals surface area contributed by atoms with Gasteiger partial charge in [-0.1, -0.05) is 6.42 Å². The Morgan fingerprint density at radius 1 is 1.07 bits per heavy atom. The number of likely N-dealkylation sites (tertiary alicyclic amines) is 1. The van der Waals surface area contributed by atoms with Crippen LogP contribution in [0.15, 0.2) is 28.7 Å². The van der Waals surface area contributed by atoms with Crippen LogP contribution in [-0.4, -0.2) is 100 Å². The van der Waals surface area contributed by atoms with Crippen LogP contribution in [0, 0.1) is 11.8 Å². The minimum atomic E-state index is -2.56. The van der Waals surface area contributed by atoms with Gasteiger partial charge in [-0.2, -0.15) is 0 Å². The average molecular weight is 554 g/mol. The Labute approximate surface area is 234 Å². The molecule has 216 valence electrons. The SMILES string of the molecule is CC(=O)C1=C(O)C(N(C)C)[C@@H]2C[C@@H]3Cc4c(N(C)C)cc(CN5CCCCC5)c(O)c4C(=O)C3=C(O)[C@]2(O)C1=O. The second-order valence-corrected chi connectivity index (χ2v) is 12.1. The van der Waals surface area contributed by atoms with Gasteiger partial charge in [0.1, 0.15) is 22.8 Å². The van der Waals surface area contributed by atoms with Gasteiger partial charge < -0.3 is 25.3 Å². The van der Waals surface area contributed by atoms with Gasteiger partial charge in [-0.15, -0.1) is 0 Å². The number of rotatable bonds is 5. The Bertz CT molecular complexity index is 1360. The van der Waals surface area contributed by atoms with Crippen LogP contribution in [-0.2, 0) is 22.6 Å². The Kier molecular flexibility index (Phi) is 7.09. The average Bonchev–Trinajstić information content (AvgIpc) is 2.87. The third kappa shape index (κ3) is 4.07. The quantitative estimate of drug-likeness (QED) is 0.401. The predicted molar refractivity (Wildman–Crippen MR) is 149 cm³/mol. The summed E-state index contributed by atoms with van der Waals surface area (Å²) in [5.74, 6) is -5.43. The molecule has 1 aromatic rings. The molecule has 1 unspecified atom stereocenters. The highest BCUT2D eigenvalue weighted by molar-refractivity contribution is 6.25. The number of phenolic OH excluding ortho intramolecular Hbond substituents is 1. The number of piperidine rings is 1. The number of Topliss-reactive ketones (excluding diaryl/α,β-unsaturated/α-hetero) is 3. The Morgan fingerprint density at radius 2 is 1.73 bits per heavy atom. The van der Waals surface area contributed by atoms with Gasteiger partial charge in [-0.25, -0.2) is 0 Å². The summed E-state index contributed by atoms with van der Waals surface area (Å²) in [5, 5.41) is 45.8. The number of anilines is 1. The van der Waals surface area contributed by atoms with Crippen LogP contribution in [0.4, 0.5) is 5.69 Å². The van der Waals surface area contributed by atoms with Crippen LogP contribution in [0.3, 0.4) is 0 Å². The summed E-state index contributed by atoms with van der Waals surface area (Å²) in [4.78, 5) is 45.8. The molecule has 0 amide bonds. The van der Waals surface area contributed by atoms with Crippen molar-refractivity contribution in [1.82, 2.24) is 9.80 Å². The molecule has 4 N–H and O–H groups in total. The third-order valence-electron chi connectivity index (χ3n) is 9.21. The number of aliphatic hydroxyl groups excluding tert-OH is 2. The molecule has 4 aliphatic rings. The van der Waals surface area contributed by atoms with E-state index in [-0.39, 0.29) is 29.7 Å². The molecule has 0 saturated carbocycles. The standard InChI is InChI=1S/C30H39N3O7/c1-15(34)21-27(37)24(32(4)5)19-12-16-11-18-20(31(2)3)13-17(14-33-9-7-6-8-10-33)25(35)23(18)26(36)22(16)29(39)30(19,40)28(21)38/h13,16,19,24,35,37,39-40H,6-12,14H2,1-5H3/t16-,19-,24?,30+/m0/s1. The Hall–Kier alpha value is -3.21. The van der Waals surface area contributed by atoms with Gasteiger partial charge in [0, 0.05) is 43.4 Å². The molecule has 1 saturated heterocycles. The number of aromatic hydroxyl groups is 1. The van der Waals surface area contributed by atoms with Crippen molar-refractivity contribution in [2.75, 3.05) is 46.2 Å². The van der Waals surface area contributed by atoms with Gasteiger partial charge in [0.05, 0.1) is 11.6 Å². The van der Waals surface area contributed by atoms with Crippen molar-refractivity contribution in [3.05, 3.63) is 45.4 Å². The summed E-state index contributed by atoms with van der Waals surface area (Å²) in [6.45, 7) is 3.39. The van der Waals surface area contributed by atoms with E-state index in [2.05, 4.69) is 4.90 Å². The number of nitrogens with zero attached hydrogens (tertiary/aromatic N) is 3. The largest absolute Gasteiger partial charge is 0.510 e. The molecule has 0 radical (unpaired) electrons. The number of allylic oxidation sites excluding steroid dienone is 1. The fourth-order valence-electron chi connectivity index (χ4n) is 7.33. The number of phenols is 1. The van der Waals surface area contributed by atoms with E-state index in [4.69, 9.17) is 0 Å². The number of hydrogen-bond donors (Lipinski definition) is 4.